The first kappa shape index (κ1) is 21.2. The van der Waals surface area contributed by atoms with Gasteiger partial charge in [-0.05, 0) is 51.8 Å². The number of aliphatic carboxylic acids is 1. The summed E-state index contributed by atoms with van der Waals surface area (Å²) in [5.74, 6) is -0.860. The molecule has 0 spiro atoms. The van der Waals surface area contributed by atoms with Gasteiger partial charge in [-0.1, -0.05) is 37.5 Å². The van der Waals surface area contributed by atoms with Crippen molar-refractivity contribution in [2.75, 3.05) is 12.4 Å². The maximum Gasteiger partial charge on any atom is 0.319 e. The molecule has 1 aliphatic carbocycles. The van der Waals surface area contributed by atoms with Crippen molar-refractivity contribution < 1.29 is 14.7 Å². The van der Waals surface area contributed by atoms with Gasteiger partial charge in [-0.2, -0.15) is 0 Å². The maximum atomic E-state index is 12.4. The normalized spacial score (nSPS) is 15.6. The number of hydrogen-bond donors (Lipinski definition) is 3. The lowest BCUT2D eigenvalue weighted by atomic mass is 9.94. The molecule has 0 aromatic heterocycles. The molecule has 0 saturated heterocycles. The summed E-state index contributed by atoms with van der Waals surface area (Å²) in [7, 11) is 2.15. The Morgan fingerprint density at radius 2 is 1.85 bits per heavy atom. The Kier molecular flexibility index (Phi) is 7.66. The maximum absolute atomic E-state index is 12.4. The molecule has 2 rings (SSSR count). The van der Waals surface area contributed by atoms with Gasteiger partial charge in [-0.3, -0.25) is 9.69 Å². The predicted molar refractivity (Wildman–Crippen MR) is 108 cm³/mol. The monoisotopic (exact) mass is 375 g/mol. The topological polar surface area (TPSA) is 81.7 Å². The lowest BCUT2D eigenvalue weighted by Crippen LogP contribution is -2.46. The molecule has 1 fully saturated rings. The number of carboxylic acid groups (broad SMARTS) is 1. The zero-order chi connectivity index (χ0) is 19.9. The number of carbonyl (C=O) groups is 2. The first-order valence-electron chi connectivity index (χ1n) is 9.86. The van der Waals surface area contributed by atoms with E-state index >= 15 is 0 Å². The van der Waals surface area contributed by atoms with Crippen LogP contribution in [0.3, 0.4) is 0 Å². The summed E-state index contributed by atoms with van der Waals surface area (Å²) in [4.78, 5) is 25.6. The van der Waals surface area contributed by atoms with Gasteiger partial charge in [0.05, 0.1) is 0 Å². The highest BCUT2D eigenvalue weighted by Crippen LogP contribution is 2.25. The Labute approximate surface area is 162 Å². The fraction of sp³-hybridized carbons (Fsp3) is 0.619. The Balaban J connectivity index is 1.96. The van der Waals surface area contributed by atoms with E-state index in [1.165, 1.54) is 32.1 Å². The summed E-state index contributed by atoms with van der Waals surface area (Å²) < 4.78 is 0. The molecule has 6 heteroatoms. The van der Waals surface area contributed by atoms with Gasteiger partial charge >= 0.3 is 12.0 Å². The van der Waals surface area contributed by atoms with Gasteiger partial charge in [-0.15, -0.1) is 0 Å². The second-order valence-electron chi connectivity index (χ2n) is 8.22. The minimum atomic E-state index is -0.860. The largest absolute Gasteiger partial charge is 0.481 e. The van der Waals surface area contributed by atoms with Crippen molar-refractivity contribution >= 4 is 17.7 Å². The molecule has 0 unspecified atom stereocenters. The van der Waals surface area contributed by atoms with E-state index < -0.39 is 11.5 Å². The van der Waals surface area contributed by atoms with E-state index in [0.717, 1.165) is 17.8 Å². The van der Waals surface area contributed by atoms with E-state index in [0.29, 0.717) is 12.5 Å². The first-order chi connectivity index (χ1) is 12.8. The summed E-state index contributed by atoms with van der Waals surface area (Å²) in [6.07, 6.45) is 6.80. The molecule has 0 aliphatic heterocycles. The number of carboxylic acids is 1. The third-order valence-corrected chi connectivity index (χ3v) is 5.30. The van der Waals surface area contributed by atoms with Gasteiger partial charge in [-0.25, -0.2) is 4.79 Å². The Morgan fingerprint density at radius 3 is 2.52 bits per heavy atom. The van der Waals surface area contributed by atoms with Crippen molar-refractivity contribution in [3.8, 4) is 0 Å². The molecule has 0 radical (unpaired) electrons. The molecule has 0 atom stereocenters. The van der Waals surface area contributed by atoms with Crippen LogP contribution in [0.25, 0.3) is 0 Å². The van der Waals surface area contributed by atoms with E-state index in [1.807, 2.05) is 38.1 Å². The molecule has 1 aromatic rings. The predicted octanol–water partition coefficient (Wildman–Crippen LogP) is 4.22. The smallest absolute Gasteiger partial charge is 0.319 e. The standard InChI is InChI=1S/C21H33N3O3/c1-21(2,14-13-19(25)26)23-20(27)22-18-12-8-7-9-16(18)15-24(3)17-10-5-4-6-11-17/h7-9,12,17H,4-6,10-11,13-15H2,1-3H3,(H,25,26)(H2,22,23,27). The number of hydrogen-bond acceptors (Lipinski definition) is 3. The highest BCUT2D eigenvalue weighted by atomic mass is 16.4. The second-order valence-corrected chi connectivity index (χ2v) is 8.22. The zero-order valence-electron chi connectivity index (χ0n) is 16.8. The minimum Gasteiger partial charge on any atom is -0.481 e. The second kappa shape index (κ2) is 9.74. The van der Waals surface area contributed by atoms with E-state index in [2.05, 4.69) is 22.6 Å². The number of amides is 2. The van der Waals surface area contributed by atoms with Crippen molar-refractivity contribution in [2.45, 2.75) is 76.9 Å². The molecule has 150 valence electrons. The van der Waals surface area contributed by atoms with Crippen LogP contribution in [0.2, 0.25) is 0 Å². The van der Waals surface area contributed by atoms with Crippen molar-refractivity contribution in [2.24, 2.45) is 0 Å². The van der Waals surface area contributed by atoms with Crippen LogP contribution in [0, 0.1) is 0 Å². The van der Waals surface area contributed by atoms with Crippen LogP contribution >= 0.6 is 0 Å². The van der Waals surface area contributed by atoms with E-state index in [9.17, 15) is 9.59 Å². The number of carbonyl (C=O) groups excluding carboxylic acids is 1. The molecule has 1 aliphatic rings. The van der Waals surface area contributed by atoms with Crippen molar-refractivity contribution in [1.82, 2.24) is 10.2 Å². The third kappa shape index (κ3) is 7.21. The molecule has 0 heterocycles. The molecule has 1 aromatic carbocycles. The van der Waals surface area contributed by atoms with Gasteiger partial charge in [0.1, 0.15) is 0 Å². The van der Waals surface area contributed by atoms with E-state index in [4.69, 9.17) is 5.11 Å². The summed E-state index contributed by atoms with van der Waals surface area (Å²) in [5, 5.41) is 14.7. The lowest BCUT2D eigenvalue weighted by Gasteiger charge is -2.32. The van der Waals surface area contributed by atoms with Gasteiger partial charge in [0, 0.05) is 30.2 Å². The van der Waals surface area contributed by atoms with Crippen LogP contribution in [-0.4, -0.2) is 40.6 Å². The number of benzene rings is 1. The molecular formula is C21H33N3O3. The summed E-state index contributed by atoms with van der Waals surface area (Å²) >= 11 is 0. The number of para-hydroxylation sites is 1. The highest BCUT2D eigenvalue weighted by Gasteiger charge is 2.23. The van der Waals surface area contributed by atoms with Gasteiger partial charge < -0.3 is 15.7 Å². The van der Waals surface area contributed by atoms with Crippen LogP contribution in [0.4, 0.5) is 10.5 Å². The third-order valence-electron chi connectivity index (χ3n) is 5.30. The molecule has 3 N–H and O–H groups in total. The highest BCUT2D eigenvalue weighted by molar-refractivity contribution is 5.90. The first-order valence-corrected chi connectivity index (χ1v) is 9.86. The number of anilines is 1. The van der Waals surface area contributed by atoms with E-state index in [-0.39, 0.29) is 12.5 Å². The number of nitrogens with one attached hydrogen (secondary N) is 2. The van der Waals surface area contributed by atoms with Crippen molar-refractivity contribution in [1.29, 1.82) is 0 Å². The molecule has 0 bridgehead atoms. The van der Waals surface area contributed by atoms with Gasteiger partial charge in [0.15, 0.2) is 0 Å². The van der Waals surface area contributed by atoms with Gasteiger partial charge in [0.25, 0.3) is 0 Å². The van der Waals surface area contributed by atoms with Gasteiger partial charge in [0.2, 0.25) is 0 Å². The lowest BCUT2D eigenvalue weighted by molar-refractivity contribution is -0.137. The molecule has 6 nitrogen and oxygen atoms in total. The summed E-state index contributed by atoms with van der Waals surface area (Å²) in [6, 6.07) is 8.16. The molecule has 27 heavy (non-hydrogen) atoms. The van der Waals surface area contributed by atoms with Crippen LogP contribution in [0.5, 0.6) is 0 Å². The van der Waals surface area contributed by atoms with Crippen LogP contribution in [-0.2, 0) is 11.3 Å². The Morgan fingerprint density at radius 1 is 1.19 bits per heavy atom. The molecule has 2 amide bonds. The average molecular weight is 376 g/mol. The molecule has 1 saturated carbocycles. The van der Waals surface area contributed by atoms with Crippen LogP contribution in [0.1, 0.15) is 64.4 Å². The van der Waals surface area contributed by atoms with Crippen molar-refractivity contribution in [3.63, 3.8) is 0 Å². The Bertz CT molecular complexity index is 639. The fourth-order valence-corrected chi connectivity index (χ4v) is 3.64. The fourth-order valence-electron chi connectivity index (χ4n) is 3.64. The Hall–Kier alpha value is -2.08. The van der Waals surface area contributed by atoms with E-state index in [1.54, 1.807) is 0 Å². The molecular weight excluding hydrogens is 342 g/mol. The average Bonchev–Trinajstić information content (AvgIpc) is 2.62. The number of urea groups is 1. The van der Waals surface area contributed by atoms with Crippen LogP contribution < -0.4 is 10.6 Å². The zero-order valence-corrected chi connectivity index (χ0v) is 16.8. The van der Waals surface area contributed by atoms with Crippen molar-refractivity contribution in [3.05, 3.63) is 29.8 Å². The summed E-state index contributed by atoms with van der Waals surface area (Å²) in [6.45, 7) is 4.46. The minimum absolute atomic E-state index is 0.0239. The number of nitrogens with zero attached hydrogens (tertiary/aromatic N) is 1. The number of rotatable bonds is 8. The summed E-state index contributed by atoms with van der Waals surface area (Å²) in [5.41, 5.74) is 1.30. The van der Waals surface area contributed by atoms with Crippen LogP contribution in [0.15, 0.2) is 24.3 Å². The SMILES string of the molecule is CN(Cc1ccccc1NC(=O)NC(C)(C)CCC(=O)O)C1CCCCC1. The quantitative estimate of drug-likeness (QED) is 0.635.